The molecule has 2 aliphatic heterocycles. The molecular formula is C39H57N9O6. The average Bonchev–Trinajstić information content (AvgIpc) is 3.97. The lowest BCUT2D eigenvalue weighted by Gasteiger charge is -2.33. The topological polar surface area (TPSA) is 178 Å². The van der Waals surface area contributed by atoms with Crippen LogP contribution in [0.3, 0.4) is 0 Å². The predicted molar refractivity (Wildman–Crippen MR) is 205 cm³/mol. The SMILES string of the molecule is CCCN(Cc1ncc(C2CCN(c3ccc(-c4cnc([C@@H]5CCCN5C(=O)[C@@H](NC(=O)OC)C(C)C)[nH]4)cc3)CC2)[nH]1)C(=O)[C@@H](NC(=O)OC)C(C)C. The summed E-state index contributed by atoms with van der Waals surface area (Å²) >= 11 is 0. The van der Waals surface area contributed by atoms with Crippen molar-refractivity contribution in [3.63, 3.8) is 0 Å². The summed E-state index contributed by atoms with van der Waals surface area (Å²) in [6.07, 6.45) is 6.84. The summed E-state index contributed by atoms with van der Waals surface area (Å²) in [5, 5.41) is 5.39. The lowest BCUT2D eigenvalue weighted by Crippen LogP contribution is -2.51. The van der Waals surface area contributed by atoms with Gasteiger partial charge in [0.2, 0.25) is 11.8 Å². The van der Waals surface area contributed by atoms with Crippen molar-refractivity contribution in [1.29, 1.82) is 0 Å². The van der Waals surface area contributed by atoms with E-state index in [-0.39, 0.29) is 29.7 Å². The molecule has 2 saturated heterocycles. The van der Waals surface area contributed by atoms with Crippen LogP contribution in [0.15, 0.2) is 36.7 Å². The van der Waals surface area contributed by atoms with Crippen molar-refractivity contribution in [2.24, 2.45) is 11.8 Å². The van der Waals surface area contributed by atoms with Gasteiger partial charge in [-0.1, -0.05) is 46.8 Å². The van der Waals surface area contributed by atoms with Crippen LogP contribution in [0.1, 0.15) is 96.0 Å². The van der Waals surface area contributed by atoms with Gasteiger partial charge in [-0.3, -0.25) is 9.59 Å². The Morgan fingerprint density at radius 1 is 0.870 bits per heavy atom. The molecule has 54 heavy (non-hydrogen) atoms. The molecule has 2 aliphatic rings. The van der Waals surface area contributed by atoms with Crippen LogP contribution in [-0.2, 0) is 25.6 Å². The maximum Gasteiger partial charge on any atom is 0.407 e. The Balaban J connectivity index is 1.16. The second-order valence-electron chi connectivity index (χ2n) is 14.9. The highest BCUT2D eigenvalue weighted by Gasteiger charge is 2.37. The van der Waals surface area contributed by atoms with Crippen LogP contribution in [-0.4, -0.2) is 106 Å². The van der Waals surface area contributed by atoms with Crippen molar-refractivity contribution in [1.82, 2.24) is 40.4 Å². The molecule has 4 heterocycles. The standard InChI is InChI=1S/C39H57N9O6/c1-8-17-47(36(49)33(24(2)3)44-38(51)53-6)23-32-40-21-29(42-32)27-15-19-46(20-16-27)28-13-11-26(12-14-28)30-22-41-35(43-30)31-10-9-18-48(31)37(50)34(25(4)5)45-39(52)54-7/h11-14,21-22,24-25,27,31,33-34H,8-10,15-20,23H2,1-7H3,(H,40,42)(H,41,43)(H,44,51)(H,45,52)/t31-,33-,34-/m0/s1. The molecule has 0 unspecified atom stereocenters. The molecule has 4 amide bonds. The Morgan fingerprint density at radius 3 is 2.13 bits per heavy atom. The van der Waals surface area contributed by atoms with E-state index >= 15 is 0 Å². The number of H-pyrrole nitrogens is 2. The summed E-state index contributed by atoms with van der Waals surface area (Å²) in [6.45, 7) is 12.9. The zero-order valence-corrected chi connectivity index (χ0v) is 32.7. The number of nitrogens with one attached hydrogen (secondary N) is 4. The van der Waals surface area contributed by atoms with Gasteiger partial charge in [-0.2, -0.15) is 0 Å². The first-order valence-corrected chi connectivity index (χ1v) is 19.2. The van der Waals surface area contributed by atoms with E-state index in [4.69, 9.17) is 9.47 Å². The van der Waals surface area contributed by atoms with Gasteiger partial charge < -0.3 is 44.8 Å². The summed E-state index contributed by atoms with van der Waals surface area (Å²) in [5.74, 6) is 1.33. The van der Waals surface area contributed by atoms with Crippen molar-refractivity contribution in [2.75, 3.05) is 45.3 Å². The number of rotatable bonds is 14. The third kappa shape index (κ3) is 9.52. The molecule has 5 rings (SSSR count). The number of hydrogen-bond donors (Lipinski definition) is 4. The van der Waals surface area contributed by atoms with Crippen molar-refractivity contribution >= 4 is 29.7 Å². The monoisotopic (exact) mass is 747 g/mol. The van der Waals surface area contributed by atoms with Crippen LogP contribution in [0.25, 0.3) is 11.3 Å². The number of likely N-dealkylation sites (tertiary alicyclic amines) is 1. The zero-order valence-electron chi connectivity index (χ0n) is 32.7. The Bertz CT molecular complexity index is 1710. The number of alkyl carbamates (subject to hydrolysis) is 2. The number of piperidine rings is 1. The van der Waals surface area contributed by atoms with Gasteiger partial charge in [0.15, 0.2) is 0 Å². The molecule has 0 bridgehead atoms. The normalized spacial score (nSPS) is 17.4. The molecule has 15 nitrogen and oxygen atoms in total. The van der Waals surface area contributed by atoms with Crippen molar-refractivity contribution in [3.8, 4) is 11.3 Å². The van der Waals surface area contributed by atoms with Crippen LogP contribution in [0, 0.1) is 11.8 Å². The molecule has 2 aromatic heterocycles. The van der Waals surface area contributed by atoms with E-state index in [1.165, 1.54) is 14.2 Å². The minimum Gasteiger partial charge on any atom is -0.453 e. The van der Waals surface area contributed by atoms with Gasteiger partial charge in [0.1, 0.15) is 23.7 Å². The maximum atomic E-state index is 13.5. The summed E-state index contributed by atoms with van der Waals surface area (Å²) in [4.78, 5) is 73.1. The molecular weight excluding hydrogens is 690 g/mol. The number of benzene rings is 1. The highest BCUT2D eigenvalue weighted by molar-refractivity contribution is 5.87. The Morgan fingerprint density at radius 2 is 1.52 bits per heavy atom. The first-order chi connectivity index (χ1) is 25.9. The average molecular weight is 748 g/mol. The number of hydrogen-bond acceptors (Lipinski definition) is 9. The summed E-state index contributed by atoms with van der Waals surface area (Å²) in [5.41, 5.74) is 4.13. The quantitative estimate of drug-likeness (QED) is 0.169. The summed E-state index contributed by atoms with van der Waals surface area (Å²) in [6, 6.07) is 6.92. The number of carbonyl (C=O) groups is 4. The number of carbonyl (C=O) groups excluding carboxylic acids is 4. The number of anilines is 1. The van der Waals surface area contributed by atoms with Crippen LogP contribution >= 0.6 is 0 Å². The van der Waals surface area contributed by atoms with Gasteiger partial charge in [-0.05, 0) is 61.6 Å². The first-order valence-electron chi connectivity index (χ1n) is 19.2. The van der Waals surface area contributed by atoms with E-state index < -0.39 is 24.3 Å². The van der Waals surface area contributed by atoms with E-state index in [1.54, 1.807) is 4.90 Å². The molecule has 3 atom stereocenters. The number of aromatic amines is 2. The molecule has 0 saturated carbocycles. The molecule has 3 aromatic rings. The highest BCUT2D eigenvalue weighted by atomic mass is 16.5. The van der Waals surface area contributed by atoms with Gasteiger partial charge in [-0.25, -0.2) is 19.6 Å². The smallest absolute Gasteiger partial charge is 0.407 e. The highest BCUT2D eigenvalue weighted by Crippen LogP contribution is 2.34. The zero-order chi connectivity index (χ0) is 38.9. The molecule has 4 N–H and O–H groups in total. The molecule has 15 heteroatoms. The van der Waals surface area contributed by atoms with Crippen LogP contribution in [0.5, 0.6) is 0 Å². The number of imidazole rings is 2. The van der Waals surface area contributed by atoms with E-state index in [2.05, 4.69) is 59.7 Å². The number of ether oxygens (including phenoxy) is 2. The molecule has 2 fully saturated rings. The van der Waals surface area contributed by atoms with E-state index in [9.17, 15) is 19.2 Å². The fraction of sp³-hybridized carbons (Fsp3) is 0.590. The lowest BCUT2D eigenvalue weighted by molar-refractivity contribution is -0.136. The van der Waals surface area contributed by atoms with Gasteiger partial charge >= 0.3 is 12.2 Å². The summed E-state index contributed by atoms with van der Waals surface area (Å²) in [7, 11) is 2.58. The van der Waals surface area contributed by atoms with Crippen molar-refractivity contribution in [2.45, 2.75) is 97.3 Å². The number of methoxy groups -OCH3 is 2. The molecule has 0 spiro atoms. The van der Waals surface area contributed by atoms with Gasteiger partial charge in [-0.15, -0.1) is 0 Å². The summed E-state index contributed by atoms with van der Waals surface area (Å²) < 4.78 is 9.50. The molecule has 1 aromatic carbocycles. The Hall–Kier alpha value is -5.08. The van der Waals surface area contributed by atoms with Crippen molar-refractivity contribution in [3.05, 3.63) is 54.0 Å². The minimum atomic E-state index is -0.684. The van der Waals surface area contributed by atoms with Gasteiger partial charge in [0, 0.05) is 49.7 Å². The maximum absolute atomic E-state index is 13.5. The van der Waals surface area contributed by atoms with Crippen LogP contribution in [0.2, 0.25) is 0 Å². The fourth-order valence-corrected chi connectivity index (χ4v) is 7.43. The molecule has 0 aliphatic carbocycles. The van der Waals surface area contributed by atoms with Crippen LogP contribution < -0.4 is 15.5 Å². The van der Waals surface area contributed by atoms with Gasteiger partial charge in [0.05, 0.1) is 38.7 Å². The first kappa shape index (κ1) is 40.1. The third-order valence-corrected chi connectivity index (χ3v) is 10.5. The van der Waals surface area contributed by atoms with E-state index in [0.717, 1.165) is 79.5 Å². The van der Waals surface area contributed by atoms with E-state index in [0.29, 0.717) is 25.6 Å². The fourth-order valence-electron chi connectivity index (χ4n) is 7.43. The van der Waals surface area contributed by atoms with Gasteiger partial charge in [0.25, 0.3) is 0 Å². The van der Waals surface area contributed by atoms with E-state index in [1.807, 2.05) is 51.9 Å². The predicted octanol–water partition coefficient (Wildman–Crippen LogP) is 5.35. The third-order valence-electron chi connectivity index (χ3n) is 10.5. The van der Waals surface area contributed by atoms with Crippen LogP contribution in [0.4, 0.5) is 15.3 Å². The Labute approximate surface area is 317 Å². The Kier molecular flexibility index (Phi) is 13.6. The lowest BCUT2D eigenvalue weighted by atomic mass is 9.93. The molecule has 0 radical (unpaired) electrons. The molecule has 294 valence electrons. The number of aromatic nitrogens is 4. The minimum absolute atomic E-state index is 0.0964. The second-order valence-corrected chi connectivity index (χ2v) is 14.9. The number of nitrogens with zero attached hydrogens (tertiary/aromatic N) is 5. The second kappa shape index (κ2) is 18.3. The number of amides is 4. The van der Waals surface area contributed by atoms with Crippen molar-refractivity contribution < 1.29 is 28.7 Å². The largest absolute Gasteiger partial charge is 0.453 e.